The summed E-state index contributed by atoms with van der Waals surface area (Å²) in [6.45, 7) is 2.47. The van der Waals surface area contributed by atoms with Crippen LogP contribution in [0.1, 0.15) is 42.1 Å². The highest BCUT2D eigenvalue weighted by atomic mass is 16.2. The Morgan fingerprint density at radius 3 is 2.52 bits per heavy atom. The molecule has 2 unspecified atom stereocenters. The van der Waals surface area contributed by atoms with Gasteiger partial charge >= 0.3 is 0 Å². The maximum Gasteiger partial charge on any atom is 0.251 e. The van der Waals surface area contributed by atoms with E-state index in [0.29, 0.717) is 18.5 Å². The first-order valence-electron chi connectivity index (χ1n) is 9.39. The smallest absolute Gasteiger partial charge is 0.251 e. The number of pyridine rings is 1. The van der Waals surface area contributed by atoms with Crippen LogP contribution < -0.4 is 16.4 Å². The number of amides is 2. The quantitative estimate of drug-likeness (QED) is 0.598. The first-order chi connectivity index (χ1) is 13.1. The molecule has 2 amide bonds. The molecular weight excluding hydrogens is 340 g/mol. The number of benzene rings is 1. The van der Waals surface area contributed by atoms with Crippen LogP contribution in [0.15, 0.2) is 54.9 Å². The van der Waals surface area contributed by atoms with E-state index in [0.717, 1.165) is 24.8 Å². The van der Waals surface area contributed by atoms with Crippen LogP contribution in [0.2, 0.25) is 0 Å². The second-order valence-electron chi connectivity index (χ2n) is 6.54. The molecule has 4 N–H and O–H groups in total. The van der Waals surface area contributed by atoms with Gasteiger partial charge in [-0.3, -0.25) is 14.6 Å². The second-order valence-corrected chi connectivity index (χ2v) is 6.54. The summed E-state index contributed by atoms with van der Waals surface area (Å²) in [5.74, 6) is -0.507. The van der Waals surface area contributed by atoms with E-state index in [1.807, 2.05) is 18.2 Å². The van der Waals surface area contributed by atoms with Crippen molar-refractivity contribution in [3.8, 4) is 0 Å². The average Bonchev–Trinajstić information content (AvgIpc) is 2.71. The molecule has 144 valence electrons. The number of carbonyl (C=O) groups excluding carboxylic acids is 2. The molecule has 0 saturated heterocycles. The molecule has 27 heavy (non-hydrogen) atoms. The maximum atomic E-state index is 12.8. The molecule has 2 rings (SSSR count). The van der Waals surface area contributed by atoms with Gasteiger partial charge in [-0.25, -0.2) is 0 Å². The second kappa shape index (κ2) is 11.1. The van der Waals surface area contributed by atoms with Gasteiger partial charge in [0.05, 0.1) is 0 Å². The molecule has 6 heteroatoms. The Kier molecular flexibility index (Phi) is 8.45. The van der Waals surface area contributed by atoms with Crippen LogP contribution in [0.25, 0.3) is 0 Å². The summed E-state index contributed by atoms with van der Waals surface area (Å²) in [7, 11) is 0. The molecule has 6 nitrogen and oxygen atoms in total. The Labute approximate surface area is 160 Å². The number of hydrogen-bond acceptors (Lipinski definition) is 4. The highest BCUT2D eigenvalue weighted by molar-refractivity contribution is 5.97. The molecule has 2 atom stereocenters. The van der Waals surface area contributed by atoms with Gasteiger partial charge in [0.25, 0.3) is 5.91 Å². The largest absolute Gasteiger partial charge is 0.350 e. The Balaban J connectivity index is 2.10. The fourth-order valence-corrected chi connectivity index (χ4v) is 2.80. The van der Waals surface area contributed by atoms with Crippen LogP contribution in [0.5, 0.6) is 0 Å². The minimum absolute atomic E-state index is 0.0949. The number of nitrogens with two attached hydrogens (primary N) is 1. The third kappa shape index (κ3) is 6.83. The Bertz CT molecular complexity index is 707. The first-order valence-corrected chi connectivity index (χ1v) is 9.39. The molecular formula is C21H28N4O2. The zero-order chi connectivity index (χ0) is 19.5. The first kappa shape index (κ1) is 20.6. The van der Waals surface area contributed by atoms with Gasteiger partial charge < -0.3 is 16.4 Å². The SMILES string of the molecule is CCCCC(CN)NC(=O)C(Cc1cccnc1)NC(=O)c1ccccc1. The number of hydrogen-bond donors (Lipinski definition) is 3. The van der Waals surface area contributed by atoms with Crippen LogP contribution in [0.3, 0.4) is 0 Å². The van der Waals surface area contributed by atoms with E-state index >= 15 is 0 Å². The van der Waals surface area contributed by atoms with Gasteiger partial charge in [0.1, 0.15) is 6.04 Å². The van der Waals surface area contributed by atoms with Crippen molar-refractivity contribution in [3.05, 3.63) is 66.0 Å². The average molecular weight is 368 g/mol. The van der Waals surface area contributed by atoms with Gasteiger partial charge in [-0.05, 0) is 30.2 Å². The van der Waals surface area contributed by atoms with Crippen LogP contribution in [0.4, 0.5) is 0 Å². The molecule has 0 aliphatic heterocycles. The Hall–Kier alpha value is -2.73. The van der Waals surface area contributed by atoms with Crippen molar-refractivity contribution >= 4 is 11.8 Å². The summed E-state index contributed by atoms with van der Waals surface area (Å²) in [6, 6.07) is 11.8. The summed E-state index contributed by atoms with van der Waals surface area (Å²) in [4.78, 5) is 29.5. The molecule has 0 fully saturated rings. The third-order valence-electron chi connectivity index (χ3n) is 4.36. The van der Waals surface area contributed by atoms with Crippen molar-refractivity contribution in [3.63, 3.8) is 0 Å². The van der Waals surface area contributed by atoms with Crippen LogP contribution in [0, 0.1) is 0 Å². The Morgan fingerprint density at radius 2 is 1.89 bits per heavy atom. The van der Waals surface area contributed by atoms with E-state index in [2.05, 4.69) is 22.5 Å². The summed E-state index contributed by atoms with van der Waals surface area (Å²) in [6.07, 6.45) is 6.60. The molecule has 0 aliphatic carbocycles. The van der Waals surface area contributed by atoms with Crippen molar-refractivity contribution in [1.29, 1.82) is 0 Å². The van der Waals surface area contributed by atoms with Gasteiger partial charge in [0, 0.05) is 37.0 Å². The number of carbonyl (C=O) groups is 2. The van der Waals surface area contributed by atoms with Crippen LogP contribution >= 0.6 is 0 Å². The Morgan fingerprint density at radius 1 is 1.11 bits per heavy atom. The van der Waals surface area contributed by atoms with Gasteiger partial charge in [-0.1, -0.05) is 44.0 Å². The van der Waals surface area contributed by atoms with E-state index in [9.17, 15) is 9.59 Å². The number of unbranched alkanes of at least 4 members (excludes halogenated alkanes) is 1. The van der Waals surface area contributed by atoms with Gasteiger partial charge in [0.2, 0.25) is 5.91 Å². The summed E-state index contributed by atoms with van der Waals surface area (Å²) in [5.41, 5.74) is 7.19. The highest BCUT2D eigenvalue weighted by Crippen LogP contribution is 2.06. The molecule has 0 saturated carbocycles. The van der Waals surface area contributed by atoms with E-state index in [1.165, 1.54) is 0 Å². The maximum absolute atomic E-state index is 12.8. The molecule has 0 radical (unpaired) electrons. The summed E-state index contributed by atoms with van der Waals surface area (Å²) < 4.78 is 0. The minimum atomic E-state index is -0.697. The number of rotatable bonds is 10. The van der Waals surface area contributed by atoms with E-state index in [4.69, 9.17) is 5.73 Å². The summed E-state index contributed by atoms with van der Waals surface area (Å²) in [5, 5.41) is 5.83. The lowest BCUT2D eigenvalue weighted by molar-refractivity contribution is -0.123. The predicted octanol–water partition coefficient (Wildman–Crippen LogP) is 2.06. The monoisotopic (exact) mass is 368 g/mol. The fourth-order valence-electron chi connectivity index (χ4n) is 2.80. The van der Waals surface area contributed by atoms with Crippen molar-refractivity contribution in [1.82, 2.24) is 15.6 Å². The van der Waals surface area contributed by atoms with Crippen molar-refractivity contribution in [2.24, 2.45) is 5.73 Å². The predicted molar refractivity (Wildman–Crippen MR) is 106 cm³/mol. The van der Waals surface area contributed by atoms with Crippen molar-refractivity contribution in [2.75, 3.05) is 6.54 Å². The molecule has 0 spiro atoms. The molecule has 1 heterocycles. The molecule has 2 aromatic rings. The van der Waals surface area contributed by atoms with Gasteiger partial charge in [0.15, 0.2) is 0 Å². The lowest BCUT2D eigenvalue weighted by Gasteiger charge is -2.23. The topological polar surface area (TPSA) is 97.1 Å². The van der Waals surface area contributed by atoms with E-state index in [-0.39, 0.29) is 17.9 Å². The van der Waals surface area contributed by atoms with Crippen molar-refractivity contribution in [2.45, 2.75) is 44.7 Å². The molecule has 0 bridgehead atoms. The van der Waals surface area contributed by atoms with Crippen molar-refractivity contribution < 1.29 is 9.59 Å². The lowest BCUT2D eigenvalue weighted by Crippen LogP contribution is -2.52. The van der Waals surface area contributed by atoms with Gasteiger partial charge in [-0.2, -0.15) is 0 Å². The van der Waals surface area contributed by atoms with Crippen LogP contribution in [-0.2, 0) is 11.2 Å². The number of nitrogens with one attached hydrogen (secondary N) is 2. The summed E-state index contributed by atoms with van der Waals surface area (Å²) >= 11 is 0. The fraction of sp³-hybridized carbons (Fsp3) is 0.381. The standard InChI is InChI=1S/C21H28N4O2/c1-2-3-11-18(14-22)24-21(27)19(13-16-8-7-12-23-15-16)25-20(26)17-9-5-4-6-10-17/h4-10,12,15,18-19H,2-3,11,13-14,22H2,1H3,(H,24,27)(H,25,26). The zero-order valence-electron chi connectivity index (χ0n) is 15.7. The number of nitrogens with zero attached hydrogens (tertiary/aromatic N) is 1. The van der Waals surface area contributed by atoms with Gasteiger partial charge in [-0.15, -0.1) is 0 Å². The highest BCUT2D eigenvalue weighted by Gasteiger charge is 2.24. The third-order valence-corrected chi connectivity index (χ3v) is 4.36. The molecule has 1 aromatic carbocycles. The zero-order valence-corrected chi connectivity index (χ0v) is 15.7. The van der Waals surface area contributed by atoms with E-state index < -0.39 is 6.04 Å². The minimum Gasteiger partial charge on any atom is -0.350 e. The lowest BCUT2D eigenvalue weighted by atomic mass is 10.0. The normalized spacial score (nSPS) is 12.8. The van der Waals surface area contributed by atoms with E-state index in [1.54, 1.807) is 36.7 Å². The number of aromatic nitrogens is 1. The molecule has 0 aliphatic rings. The molecule has 1 aromatic heterocycles. The van der Waals surface area contributed by atoms with Crippen LogP contribution in [-0.4, -0.2) is 35.4 Å².